The van der Waals surface area contributed by atoms with Gasteiger partial charge in [0, 0.05) is 12.8 Å². The predicted octanol–water partition coefficient (Wildman–Crippen LogP) is 2.35. The van der Waals surface area contributed by atoms with Crippen molar-refractivity contribution in [2.24, 2.45) is 5.41 Å². The molecule has 154 valence electrons. The van der Waals surface area contributed by atoms with Crippen molar-refractivity contribution in [1.82, 2.24) is 4.90 Å². The molecular weight excluding hydrogens is 374 g/mol. The van der Waals surface area contributed by atoms with E-state index in [9.17, 15) is 20.1 Å². The summed E-state index contributed by atoms with van der Waals surface area (Å²) in [5, 5.41) is 20.0. The number of esters is 2. The van der Waals surface area contributed by atoms with Gasteiger partial charge in [0.15, 0.2) is 5.41 Å². The zero-order chi connectivity index (χ0) is 21.8. The fourth-order valence-corrected chi connectivity index (χ4v) is 3.35. The van der Waals surface area contributed by atoms with Gasteiger partial charge in [-0.05, 0) is 40.7 Å². The second-order valence-electron chi connectivity index (χ2n) is 7.18. The van der Waals surface area contributed by atoms with Crippen molar-refractivity contribution in [3.63, 3.8) is 0 Å². The molecular formula is C21H25N3O5. The Morgan fingerprint density at radius 1 is 1.10 bits per heavy atom. The van der Waals surface area contributed by atoms with Crippen LogP contribution in [-0.4, -0.2) is 47.8 Å². The molecule has 2 rings (SSSR count). The molecule has 8 nitrogen and oxygen atoms in total. The van der Waals surface area contributed by atoms with Crippen molar-refractivity contribution in [2.45, 2.75) is 59.0 Å². The summed E-state index contributed by atoms with van der Waals surface area (Å²) in [6.45, 7) is 8.50. The van der Waals surface area contributed by atoms with Gasteiger partial charge in [0.25, 0.3) is 0 Å². The Balaban J connectivity index is 2.83. The van der Waals surface area contributed by atoms with Gasteiger partial charge < -0.3 is 19.1 Å². The molecule has 0 N–H and O–H groups in total. The molecule has 0 fully saturated rings. The highest BCUT2D eigenvalue weighted by atomic mass is 16.6. The highest BCUT2D eigenvalue weighted by molar-refractivity contribution is 6.02. The molecule has 0 aromatic heterocycles. The lowest BCUT2D eigenvalue weighted by molar-refractivity contribution is -0.151. The van der Waals surface area contributed by atoms with Crippen molar-refractivity contribution in [1.29, 1.82) is 10.5 Å². The summed E-state index contributed by atoms with van der Waals surface area (Å²) < 4.78 is 16.4. The summed E-state index contributed by atoms with van der Waals surface area (Å²) >= 11 is 0. The average Bonchev–Trinajstić information content (AvgIpc) is 2.66. The normalized spacial score (nSPS) is 22.2. The van der Waals surface area contributed by atoms with Crippen LogP contribution >= 0.6 is 0 Å². The minimum Gasteiger partial charge on any atom is -0.459 e. The van der Waals surface area contributed by atoms with Crippen molar-refractivity contribution in [3.8, 4) is 12.1 Å². The van der Waals surface area contributed by atoms with Gasteiger partial charge in [0.2, 0.25) is 0 Å². The zero-order valence-corrected chi connectivity index (χ0v) is 17.2. The first-order valence-electron chi connectivity index (χ1n) is 9.47. The van der Waals surface area contributed by atoms with Crippen LogP contribution in [0.15, 0.2) is 35.7 Å². The van der Waals surface area contributed by atoms with Crippen LogP contribution in [0.2, 0.25) is 0 Å². The van der Waals surface area contributed by atoms with Crippen molar-refractivity contribution < 1.29 is 23.8 Å². The summed E-state index contributed by atoms with van der Waals surface area (Å²) in [7, 11) is 0. The van der Waals surface area contributed by atoms with E-state index in [1.807, 2.05) is 12.1 Å². The van der Waals surface area contributed by atoms with E-state index >= 15 is 0 Å². The van der Waals surface area contributed by atoms with Gasteiger partial charge in [-0.3, -0.25) is 0 Å². The molecule has 2 aliphatic rings. The van der Waals surface area contributed by atoms with E-state index < -0.39 is 41.7 Å². The standard InChI is InChI=1S/C21H25N3O5/c1-6-27-18-16(19(25)28-13(2)3)17(20(26)29-14(4)5)24-10-8-7-9-15(24)21(18,11-22)12-23/h7-10,13-15,18H,6H2,1-5H3/t15-,18+/m1/s1. The maximum atomic E-state index is 13.0. The van der Waals surface area contributed by atoms with Crippen LogP contribution in [0.1, 0.15) is 34.6 Å². The van der Waals surface area contributed by atoms with E-state index in [0.717, 1.165) is 0 Å². The third-order valence-electron chi connectivity index (χ3n) is 4.41. The quantitative estimate of drug-likeness (QED) is 0.626. The number of fused-ring (bicyclic) bond motifs is 1. The molecule has 29 heavy (non-hydrogen) atoms. The van der Waals surface area contributed by atoms with Crippen LogP contribution in [0.5, 0.6) is 0 Å². The lowest BCUT2D eigenvalue weighted by Crippen LogP contribution is -2.58. The van der Waals surface area contributed by atoms with Crippen LogP contribution < -0.4 is 0 Å². The molecule has 2 aliphatic heterocycles. The van der Waals surface area contributed by atoms with E-state index in [0.29, 0.717) is 0 Å². The maximum absolute atomic E-state index is 13.0. The Labute approximate surface area is 170 Å². The number of nitrogens with zero attached hydrogens (tertiary/aromatic N) is 3. The molecule has 0 saturated heterocycles. The second-order valence-corrected chi connectivity index (χ2v) is 7.18. The number of carbonyl (C=O) groups is 2. The molecule has 0 radical (unpaired) electrons. The molecule has 0 aromatic carbocycles. The molecule has 2 atom stereocenters. The largest absolute Gasteiger partial charge is 0.459 e. The monoisotopic (exact) mass is 399 g/mol. The molecule has 0 saturated carbocycles. The first kappa shape index (κ1) is 22.2. The third kappa shape index (κ3) is 4.03. The van der Waals surface area contributed by atoms with E-state index in [2.05, 4.69) is 0 Å². The lowest BCUT2D eigenvalue weighted by Gasteiger charge is -2.46. The van der Waals surface area contributed by atoms with Crippen molar-refractivity contribution >= 4 is 11.9 Å². The summed E-state index contributed by atoms with van der Waals surface area (Å²) in [5.74, 6) is -1.58. The van der Waals surface area contributed by atoms with Crippen LogP contribution in [0.25, 0.3) is 0 Å². The molecule has 0 aliphatic carbocycles. The van der Waals surface area contributed by atoms with Crippen molar-refractivity contribution in [2.75, 3.05) is 6.61 Å². The van der Waals surface area contributed by atoms with E-state index in [1.54, 1.807) is 52.8 Å². The summed E-state index contributed by atoms with van der Waals surface area (Å²) in [6.07, 6.45) is 4.28. The number of ether oxygens (including phenoxy) is 3. The second kappa shape index (κ2) is 8.93. The van der Waals surface area contributed by atoms with Crippen LogP contribution in [0.4, 0.5) is 0 Å². The Hall–Kier alpha value is -3.10. The lowest BCUT2D eigenvalue weighted by atomic mass is 9.70. The van der Waals surface area contributed by atoms with Crippen LogP contribution in [-0.2, 0) is 23.8 Å². The van der Waals surface area contributed by atoms with E-state index in [1.165, 1.54) is 11.1 Å². The zero-order valence-electron chi connectivity index (χ0n) is 17.2. The minimum atomic E-state index is -1.77. The predicted molar refractivity (Wildman–Crippen MR) is 102 cm³/mol. The number of hydrogen-bond donors (Lipinski definition) is 0. The molecule has 0 unspecified atom stereocenters. The molecule has 0 aromatic rings. The number of nitriles is 2. The fourth-order valence-electron chi connectivity index (χ4n) is 3.35. The average molecular weight is 399 g/mol. The smallest absolute Gasteiger partial charge is 0.355 e. The number of allylic oxidation sites excluding steroid dienone is 2. The minimum absolute atomic E-state index is 0.0884. The molecule has 8 heteroatoms. The van der Waals surface area contributed by atoms with E-state index in [-0.39, 0.29) is 17.9 Å². The van der Waals surface area contributed by atoms with Gasteiger partial charge in [0.05, 0.1) is 36.0 Å². The van der Waals surface area contributed by atoms with Crippen LogP contribution in [0, 0.1) is 28.1 Å². The summed E-state index contributed by atoms with van der Waals surface area (Å²) in [6, 6.07) is 3.22. The SMILES string of the molecule is CCO[C@H]1C(C(=O)OC(C)C)=C(C(=O)OC(C)C)N2C=CC=C[C@@H]2C1(C#N)C#N. The summed E-state index contributed by atoms with van der Waals surface area (Å²) in [4.78, 5) is 27.4. The molecule has 2 heterocycles. The number of rotatable bonds is 6. The number of hydrogen-bond acceptors (Lipinski definition) is 8. The molecule has 0 bridgehead atoms. The maximum Gasteiger partial charge on any atom is 0.355 e. The topological polar surface area (TPSA) is 113 Å². The highest BCUT2D eigenvalue weighted by Gasteiger charge is 2.59. The fraction of sp³-hybridized carbons (Fsp3) is 0.524. The Morgan fingerprint density at radius 3 is 2.21 bits per heavy atom. The van der Waals surface area contributed by atoms with E-state index in [4.69, 9.17) is 14.2 Å². The Bertz CT molecular complexity index is 827. The summed E-state index contributed by atoms with van der Waals surface area (Å²) in [5.41, 5.74) is -2.05. The van der Waals surface area contributed by atoms with Crippen molar-refractivity contribution in [3.05, 3.63) is 35.7 Å². The Morgan fingerprint density at radius 2 is 1.69 bits per heavy atom. The number of carbonyl (C=O) groups excluding carboxylic acids is 2. The first-order chi connectivity index (χ1) is 13.7. The molecule has 0 spiro atoms. The van der Waals surface area contributed by atoms with Gasteiger partial charge >= 0.3 is 11.9 Å². The van der Waals surface area contributed by atoms with Gasteiger partial charge in [-0.1, -0.05) is 12.2 Å². The Kier molecular flexibility index (Phi) is 6.84. The van der Waals surface area contributed by atoms with Gasteiger partial charge in [-0.15, -0.1) is 0 Å². The van der Waals surface area contributed by atoms with Gasteiger partial charge in [-0.25, -0.2) is 9.59 Å². The third-order valence-corrected chi connectivity index (χ3v) is 4.41. The van der Waals surface area contributed by atoms with Crippen LogP contribution in [0.3, 0.4) is 0 Å². The van der Waals surface area contributed by atoms with Gasteiger partial charge in [-0.2, -0.15) is 10.5 Å². The highest BCUT2D eigenvalue weighted by Crippen LogP contribution is 2.45. The molecule has 0 amide bonds. The first-order valence-corrected chi connectivity index (χ1v) is 9.47. The van der Waals surface area contributed by atoms with Gasteiger partial charge in [0.1, 0.15) is 11.8 Å².